The van der Waals surface area contributed by atoms with E-state index in [1.54, 1.807) is 6.26 Å². The van der Waals surface area contributed by atoms with Crippen molar-refractivity contribution in [1.29, 1.82) is 0 Å². The minimum absolute atomic E-state index is 0.201. The van der Waals surface area contributed by atoms with Gasteiger partial charge in [0.2, 0.25) is 0 Å². The van der Waals surface area contributed by atoms with Gasteiger partial charge in [-0.15, -0.1) is 0 Å². The third-order valence-electron chi connectivity index (χ3n) is 2.12. The van der Waals surface area contributed by atoms with Gasteiger partial charge in [-0.1, -0.05) is 0 Å². The normalized spacial score (nSPS) is 12.4. The standard InChI is InChI=1S/C10H17NO/c1-10(2,3)11(4)8-9-6-5-7-12-9/h5-7H,8H2,1-4H3. The van der Waals surface area contributed by atoms with E-state index in [4.69, 9.17) is 4.42 Å². The van der Waals surface area contributed by atoms with Gasteiger partial charge in [0.05, 0.1) is 12.8 Å². The molecule has 0 amide bonds. The summed E-state index contributed by atoms with van der Waals surface area (Å²) in [4.78, 5) is 2.26. The average molecular weight is 167 g/mol. The molecule has 2 nitrogen and oxygen atoms in total. The minimum atomic E-state index is 0.201. The van der Waals surface area contributed by atoms with Crippen LogP contribution in [0.15, 0.2) is 22.8 Å². The third kappa shape index (κ3) is 2.38. The van der Waals surface area contributed by atoms with Crippen molar-refractivity contribution in [2.75, 3.05) is 7.05 Å². The molecule has 68 valence electrons. The van der Waals surface area contributed by atoms with Crippen LogP contribution in [0.4, 0.5) is 0 Å². The quantitative estimate of drug-likeness (QED) is 0.673. The van der Waals surface area contributed by atoms with Gasteiger partial charge in [0.25, 0.3) is 0 Å². The molecule has 0 radical (unpaired) electrons. The summed E-state index contributed by atoms with van der Waals surface area (Å²) < 4.78 is 5.26. The van der Waals surface area contributed by atoms with Crippen LogP contribution >= 0.6 is 0 Å². The van der Waals surface area contributed by atoms with Gasteiger partial charge in [0.15, 0.2) is 0 Å². The van der Waals surface area contributed by atoms with Crippen molar-refractivity contribution in [3.8, 4) is 0 Å². The first-order valence-corrected chi connectivity index (χ1v) is 4.24. The molecule has 1 aromatic heterocycles. The predicted octanol–water partition coefficient (Wildman–Crippen LogP) is 2.51. The third-order valence-corrected chi connectivity index (χ3v) is 2.12. The molecule has 1 aromatic rings. The Morgan fingerprint density at radius 2 is 2.08 bits per heavy atom. The number of furan rings is 1. The fraction of sp³-hybridized carbons (Fsp3) is 0.600. The maximum atomic E-state index is 5.26. The Kier molecular flexibility index (Phi) is 2.58. The SMILES string of the molecule is CN(Cc1ccco1)C(C)(C)C. The van der Waals surface area contributed by atoms with Gasteiger partial charge >= 0.3 is 0 Å². The Hall–Kier alpha value is -0.760. The molecule has 2 heteroatoms. The molecule has 0 aliphatic carbocycles. The van der Waals surface area contributed by atoms with Gasteiger partial charge < -0.3 is 4.42 Å². The van der Waals surface area contributed by atoms with Crippen LogP contribution in [0.1, 0.15) is 26.5 Å². The van der Waals surface area contributed by atoms with Crippen LogP contribution in [-0.2, 0) is 6.54 Å². The van der Waals surface area contributed by atoms with Crippen molar-refractivity contribution in [1.82, 2.24) is 4.90 Å². The lowest BCUT2D eigenvalue weighted by atomic mass is 10.1. The van der Waals surface area contributed by atoms with Gasteiger partial charge in [0, 0.05) is 5.54 Å². The molecular formula is C10H17NO. The van der Waals surface area contributed by atoms with Crippen molar-refractivity contribution in [3.05, 3.63) is 24.2 Å². The van der Waals surface area contributed by atoms with Crippen LogP contribution in [0.5, 0.6) is 0 Å². The van der Waals surface area contributed by atoms with Crippen molar-refractivity contribution < 1.29 is 4.42 Å². The summed E-state index contributed by atoms with van der Waals surface area (Å²) in [5.74, 6) is 1.02. The van der Waals surface area contributed by atoms with E-state index < -0.39 is 0 Å². The fourth-order valence-corrected chi connectivity index (χ4v) is 0.873. The van der Waals surface area contributed by atoms with E-state index in [2.05, 4.69) is 32.7 Å². The van der Waals surface area contributed by atoms with E-state index in [9.17, 15) is 0 Å². The van der Waals surface area contributed by atoms with E-state index in [-0.39, 0.29) is 5.54 Å². The number of hydrogen-bond donors (Lipinski definition) is 0. The molecule has 1 rings (SSSR count). The second-order valence-electron chi connectivity index (χ2n) is 4.11. The second kappa shape index (κ2) is 3.31. The Bertz CT molecular complexity index is 220. The molecule has 0 spiro atoms. The zero-order valence-electron chi connectivity index (χ0n) is 8.29. The largest absolute Gasteiger partial charge is 0.468 e. The van der Waals surface area contributed by atoms with Crippen LogP contribution in [0.2, 0.25) is 0 Å². The fourth-order valence-electron chi connectivity index (χ4n) is 0.873. The number of rotatable bonds is 2. The zero-order chi connectivity index (χ0) is 9.19. The highest BCUT2D eigenvalue weighted by atomic mass is 16.3. The van der Waals surface area contributed by atoms with Crippen LogP contribution in [0.25, 0.3) is 0 Å². The van der Waals surface area contributed by atoms with Crippen molar-refractivity contribution >= 4 is 0 Å². The van der Waals surface area contributed by atoms with Gasteiger partial charge in [-0.3, -0.25) is 4.90 Å². The summed E-state index contributed by atoms with van der Waals surface area (Å²) >= 11 is 0. The molecule has 12 heavy (non-hydrogen) atoms. The Labute approximate surface area is 74.2 Å². The highest BCUT2D eigenvalue weighted by molar-refractivity contribution is 4.98. The van der Waals surface area contributed by atoms with E-state index in [0.717, 1.165) is 12.3 Å². The van der Waals surface area contributed by atoms with Gasteiger partial charge in [-0.2, -0.15) is 0 Å². The summed E-state index contributed by atoms with van der Waals surface area (Å²) in [5, 5.41) is 0. The molecule has 0 aliphatic heterocycles. The molecule has 1 heterocycles. The Morgan fingerprint density at radius 3 is 2.50 bits per heavy atom. The van der Waals surface area contributed by atoms with Gasteiger partial charge in [-0.25, -0.2) is 0 Å². The first kappa shape index (κ1) is 9.33. The molecule has 0 fully saturated rings. The summed E-state index contributed by atoms with van der Waals surface area (Å²) in [7, 11) is 2.10. The molecule has 0 unspecified atom stereocenters. The summed E-state index contributed by atoms with van der Waals surface area (Å²) in [5.41, 5.74) is 0.201. The molecule has 0 saturated heterocycles. The zero-order valence-corrected chi connectivity index (χ0v) is 8.29. The number of hydrogen-bond acceptors (Lipinski definition) is 2. The molecule has 0 atom stereocenters. The topological polar surface area (TPSA) is 16.4 Å². The van der Waals surface area contributed by atoms with Crippen LogP contribution in [-0.4, -0.2) is 17.5 Å². The Balaban J connectivity index is 2.53. The smallest absolute Gasteiger partial charge is 0.117 e. The lowest BCUT2D eigenvalue weighted by Gasteiger charge is -2.30. The second-order valence-corrected chi connectivity index (χ2v) is 4.11. The molecular weight excluding hydrogens is 150 g/mol. The van der Waals surface area contributed by atoms with Crippen molar-refractivity contribution in [2.24, 2.45) is 0 Å². The lowest BCUT2D eigenvalue weighted by Crippen LogP contribution is -2.37. The van der Waals surface area contributed by atoms with E-state index in [1.807, 2.05) is 12.1 Å². The highest BCUT2D eigenvalue weighted by Gasteiger charge is 2.17. The van der Waals surface area contributed by atoms with Crippen molar-refractivity contribution in [3.63, 3.8) is 0 Å². The number of nitrogens with zero attached hydrogens (tertiary/aromatic N) is 1. The van der Waals surface area contributed by atoms with Gasteiger partial charge in [-0.05, 0) is 40.0 Å². The molecule has 0 saturated carbocycles. The Morgan fingerprint density at radius 1 is 1.42 bits per heavy atom. The molecule has 0 N–H and O–H groups in total. The molecule has 0 bridgehead atoms. The van der Waals surface area contributed by atoms with E-state index in [0.29, 0.717) is 0 Å². The maximum absolute atomic E-state index is 5.26. The first-order valence-electron chi connectivity index (χ1n) is 4.24. The van der Waals surface area contributed by atoms with Crippen LogP contribution < -0.4 is 0 Å². The van der Waals surface area contributed by atoms with E-state index >= 15 is 0 Å². The monoisotopic (exact) mass is 167 g/mol. The highest BCUT2D eigenvalue weighted by Crippen LogP contribution is 2.14. The first-order chi connectivity index (χ1) is 5.50. The predicted molar refractivity (Wildman–Crippen MR) is 49.9 cm³/mol. The summed E-state index contributed by atoms with van der Waals surface area (Å²) in [6.45, 7) is 7.44. The van der Waals surface area contributed by atoms with E-state index in [1.165, 1.54) is 0 Å². The van der Waals surface area contributed by atoms with Gasteiger partial charge in [0.1, 0.15) is 5.76 Å². The summed E-state index contributed by atoms with van der Waals surface area (Å²) in [6.07, 6.45) is 1.71. The lowest BCUT2D eigenvalue weighted by molar-refractivity contribution is 0.155. The van der Waals surface area contributed by atoms with Crippen molar-refractivity contribution in [2.45, 2.75) is 32.9 Å². The molecule has 0 aromatic carbocycles. The summed E-state index contributed by atoms with van der Waals surface area (Å²) in [6, 6.07) is 3.92. The molecule has 0 aliphatic rings. The minimum Gasteiger partial charge on any atom is -0.468 e. The maximum Gasteiger partial charge on any atom is 0.117 e. The average Bonchev–Trinajstić information content (AvgIpc) is 2.37. The van der Waals surface area contributed by atoms with Crippen LogP contribution in [0, 0.1) is 0 Å². The van der Waals surface area contributed by atoms with Crippen LogP contribution in [0.3, 0.4) is 0 Å².